The lowest BCUT2D eigenvalue weighted by Gasteiger charge is -2.39. The Balaban J connectivity index is 2.27. The lowest BCUT2D eigenvalue weighted by Crippen LogP contribution is -2.51. The highest BCUT2D eigenvalue weighted by Gasteiger charge is 2.32. The van der Waals surface area contributed by atoms with E-state index in [1.807, 2.05) is 11.8 Å². The topological polar surface area (TPSA) is 35.5 Å². The normalized spacial score (nSPS) is 22.8. The maximum atomic E-state index is 12.8. The first kappa shape index (κ1) is 15.3. The highest BCUT2D eigenvalue weighted by Crippen LogP contribution is 2.32. The Morgan fingerprint density at radius 1 is 1.45 bits per heavy atom. The Labute approximate surface area is 116 Å². The van der Waals surface area contributed by atoms with Gasteiger partial charge in [-0.25, -0.2) is 0 Å². The number of nitrogens with zero attached hydrogens (tertiary/aromatic N) is 1. The van der Waals surface area contributed by atoms with Gasteiger partial charge in [0.2, 0.25) is 0 Å². The second-order valence-corrected chi connectivity index (χ2v) is 5.11. The van der Waals surface area contributed by atoms with E-state index in [0.717, 1.165) is 25.2 Å². The van der Waals surface area contributed by atoms with Gasteiger partial charge in [-0.15, -0.1) is 0 Å². The average Bonchev–Trinajstić information content (AvgIpc) is 2.41. The van der Waals surface area contributed by atoms with Crippen molar-refractivity contribution in [3.63, 3.8) is 0 Å². The molecule has 20 heavy (non-hydrogen) atoms. The molecule has 0 amide bonds. The molecule has 0 aromatic heterocycles. The highest BCUT2D eigenvalue weighted by molar-refractivity contribution is 5.28. The number of aliphatic hydroxyl groups excluding tert-OH is 1. The zero-order valence-corrected chi connectivity index (χ0v) is 11.3. The second-order valence-electron chi connectivity index (χ2n) is 5.11. The average molecular weight is 288 g/mol. The maximum absolute atomic E-state index is 12.8. The third kappa shape index (κ3) is 3.31. The summed E-state index contributed by atoms with van der Waals surface area (Å²) >= 11 is 0. The molecular weight excluding hydrogens is 269 g/mol. The van der Waals surface area contributed by atoms with Crippen LogP contribution in [0.5, 0.6) is 0 Å². The van der Waals surface area contributed by atoms with Crippen LogP contribution < -0.4 is 5.32 Å². The smallest absolute Gasteiger partial charge is 0.394 e. The molecule has 2 unspecified atom stereocenters. The van der Waals surface area contributed by atoms with Gasteiger partial charge in [0.05, 0.1) is 18.2 Å². The Kier molecular flexibility index (Phi) is 4.67. The van der Waals surface area contributed by atoms with Gasteiger partial charge in [0, 0.05) is 25.7 Å². The van der Waals surface area contributed by atoms with Crippen LogP contribution in [-0.2, 0) is 6.18 Å². The molecule has 0 spiro atoms. The first-order valence-electron chi connectivity index (χ1n) is 6.68. The second kappa shape index (κ2) is 6.11. The van der Waals surface area contributed by atoms with Crippen molar-refractivity contribution in [1.82, 2.24) is 10.2 Å². The molecule has 2 atom stereocenters. The number of halogens is 3. The van der Waals surface area contributed by atoms with Gasteiger partial charge in [-0.3, -0.25) is 4.90 Å². The molecule has 1 aromatic rings. The summed E-state index contributed by atoms with van der Waals surface area (Å²) in [6.45, 7) is 4.08. The Hall–Kier alpha value is -1.11. The number of piperazine rings is 1. The minimum absolute atomic E-state index is 0.176. The summed E-state index contributed by atoms with van der Waals surface area (Å²) in [6.07, 6.45) is -4.36. The van der Waals surface area contributed by atoms with Gasteiger partial charge in [-0.1, -0.05) is 12.1 Å². The van der Waals surface area contributed by atoms with Gasteiger partial charge in [-0.05, 0) is 24.6 Å². The predicted molar refractivity (Wildman–Crippen MR) is 70.3 cm³/mol. The summed E-state index contributed by atoms with van der Waals surface area (Å²) in [4.78, 5) is 2.05. The van der Waals surface area contributed by atoms with Crippen LogP contribution in [0.2, 0.25) is 0 Å². The molecule has 0 aliphatic carbocycles. The molecule has 1 aliphatic rings. The molecule has 2 N–H and O–H groups in total. The minimum Gasteiger partial charge on any atom is -0.394 e. The standard InChI is InChI=1S/C14H19F3N2O/c1-10-8-18-5-6-19(10)13(9-20)11-3-2-4-12(7-11)14(15,16)17/h2-4,7,10,13,18,20H,5-6,8-9H2,1H3. The summed E-state index contributed by atoms with van der Waals surface area (Å²) < 4.78 is 38.3. The predicted octanol–water partition coefficient (Wildman–Crippen LogP) is 2.03. The zero-order chi connectivity index (χ0) is 14.8. The molecule has 0 bridgehead atoms. The number of alkyl halides is 3. The van der Waals surface area contributed by atoms with Crippen LogP contribution in [-0.4, -0.2) is 42.3 Å². The largest absolute Gasteiger partial charge is 0.416 e. The quantitative estimate of drug-likeness (QED) is 0.893. The van der Waals surface area contributed by atoms with Gasteiger partial charge >= 0.3 is 6.18 Å². The van der Waals surface area contributed by atoms with E-state index < -0.39 is 17.8 Å². The number of hydrogen-bond acceptors (Lipinski definition) is 3. The fourth-order valence-corrected chi connectivity index (χ4v) is 2.64. The molecule has 1 aliphatic heterocycles. The van der Waals surface area contributed by atoms with E-state index in [2.05, 4.69) is 5.32 Å². The van der Waals surface area contributed by atoms with Crippen molar-refractivity contribution >= 4 is 0 Å². The first-order valence-corrected chi connectivity index (χ1v) is 6.68. The van der Waals surface area contributed by atoms with Crippen molar-refractivity contribution in [1.29, 1.82) is 0 Å². The number of nitrogens with one attached hydrogen (secondary N) is 1. The number of benzene rings is 1. The Morgan fingerprint density at radius 2 is 2.20 bits per heavy atom. The first-order chi connectivity index (χ1) is 9.43. The van der Waals surface area contributed by atoms with Crippen LogP contribution >= 0.6 is 0 Å². The molecule has 0 radical (unpaired) electrons. The molecule has 2 rings (SSSR count). The summed E-state index contributed by atoms with van der Waals surface area (Å²) in [5.74, 6) is 0. The van der Waals surface area contributed by atoms with Crippen molar-refractivity contribution in [2.24, 2.45) is 0 Å². The minimum atomic E-state index is -4.36. The van der Waals surface area contributed by atoms with E-state index in [1.165, 1.54) is 6.07 Å². The molecule has 6 heteroatoms. The van der Waals surface area contributed by atoms with Gasteiger partial charge in [0.1, 0.15) is 0 Å². The van der Waals surface area contributed by atoms with Gasteiger partial charge in [0.15, 0.2) is 0 Å². The van der Waals surface area contributed by atoms with Crippen LogP contribution in [0.3, 0.4) is 0 Å². The molecule has 0 saturated carbocycles. The summed E-state index contributed by atoms with van der Waals surface area (Å²) in [6, 6.07) is 5.01. The van der Waals surface area contributed by atoms with Crippen molar-refractivity contribution in [2.75, 3.05) is 26.2 Å². The molecule has 1 fully saturated rings. The van der Waals surface area contributed by atoms with Crippen LogP contribution in [0.15, 0.2) is 24.3 Å². The molecule has 1 aromatic carbocycles. The monoisotopic (exact) mass is 288 g/mol. The SMILES string of the molecule is CC1CNCCN1C(CO)c1cccc(C(F)(F)F)c1. The van der Waals surface area contributed by atoms with Crippen LogP contribution in [0.25, 0.3) is 0 Å². The van der Waals surface area contributed by atoms with Gasteiger partial charge < -0.3 is 10.4 Å². The molecule has 112 valence electrons. The zero-order valence-electron chi connectivity index (χ0n) is 11.3. The van der Waals surface area contributed by atoms with Gasteiger partial charge in [0.25, 0.3) is 0 Å². The molecule has 3 nitrogen and oxygen atoms in total. The van der Waals surface area contributed by atoms with Crippen molar-refractivity contribution in [3.8, 4) is 0 Å². The van der Waals surface area contributed by atoms with E-state index >= 15 is 0 Å². The Morgan fingerprint density at radius 3 is 2.80 bits per heavy atom. The molecule has 1 saturated heterocycles. The Bertz CT molecular complexity index is 450. The van der Waals surface area contributed by atoms with E-state index in [4.69, 9.17) is 0 Å². The highest BCUT2D eigenvalue weighted by atomic mass is 19.4. The fourth-order valence-electron chi connectivity index (χ4n) is 2.64. The molecular formula is C14H19F3N2O. The number of aliphatic hydroxyl groups is 1. The lowest BCUT2D eigenvalue weighted by atomic mass is 10.0. The van der Waals surface area contributed by atoms with E-state index in [9.17, 15) is 18.3 Å². The summed E-state index contributed by atoms with van der Waals surface area (Å²) in [7, 11) is 0. The molecule has 1 heterocycles. The third-order valence-corrected chi connectivity index (χ3v) is 3.72. The maximum Gasteiger partial charge on any atom is 0.416 e. The number of hydrogen-bond donors (Lipinski definition) is 2. The van der Waals surface area contributed by atoms with Crippen molar-refractivity contribution < 1.29 is 18.3 Å². The number of rotatable bonds is 3. The van der Waals surface area contributed by atoms with Crippen LogP contribution in [0.4, 0.5) is 13.2 Å². The van der Waals surface area contributed by atoms with Crippen molar-refractivity contribution in [3.05, 3.63) is 35.4 Å². The van der Waals surface area contributed by atoms with E-state index in [1.54, 1.807) is 6.07 Å². The van der Waals surface area contributed by atoms with Crippen LogP contribution in [0, 0.1) is 0 Å². The lowest BCUT2D eigenvalue weighted by molar-refractivity contribution is -0.137. The summed E-state index contributed by atoms with van der Waals surface area (Å²) in [5.41, 5.74) is -0.160. The van der Waals surface area contributed by atoms with Crippen molar-refractivity contribution in [2.45, 2.75) is 25.2 Å². The van der Waals surface area contributed by atoms with E-state index in [0.29, 0.717) is 12.1 Å². The van der Waals surface area contributed by atoms with Crippen LogP contribution in [0.1, 0.15) is 24.1 Å². The fraction of sp³-hybridized carbons (Fsp3) is 0.571. The summed E-state index contributed by atoms with van der Waals surface area (Å²) in [5, 5.41) is 12.8. The van der Waals surface area contributed by atoms with E-state index in [-0.39, 0.29) is 12.6 Å². The van der Waals surface area contributed by atoms with Gasteiger partial charge in [-0.2, -0.15) is 13.2 Å². The third-order valence-electron chi connectivity index (χ3n) is 3.72.